The lowest BCUT2D eigenvalue weighted by atomic mass is 10.1. The molecule has 1 saturated heterocycles. The van der Waals surface area contributed by atoms with E-state index in [0.29, 0.717) is 45.0 Å². The monoisotopic (exact) mass is 547 g/mol. The van der Waals surface area contributed by atoms with Crippen molar-refractivity contribution in [1.82, 2.24) is 14.9 Å². The number of anilines is 1. The van der Waals surface area contributed by atoms with Crippen molar-refractivity contribution in [3.63, 3.8) is 0 Å². The van der Waals surface area contributed by atoms with Crippen LogP contribution in [0.3, 0.4) is 0 Å². The van der Waals surface area contributed by atoms with Gasteiger partial charge in [-0.05, 0) is 75.1 Å². The Morgan fingerprint density at radius 2 is 2.00 bits per heavy atom. The first-order valence-corrected chi connectivity index (χ1v) is 12.8. The van der Waals surface area contributed by atoms with E-state index in [1.54, 1.807) is 22.9 Å². The molecule has 1 aromatic heterocycles. The number of carbonyl (C=O) groups is 1. The molecule has 4 rings (SSSR count). The number of allylic oxidation sites excluding steroid dienone is 1. The van der Waals surface area contributed by atoms with Crippen LogP contribution >= 0.6 is 0 Å². The minimum absolute atomic E-state index is 0.210. The summed E-state index contributed by atoms with van der Waals surface area (Å²) in [5, 5.41) is 1.11. The average molecular weight is 548 g/mol. The predicted octanol–water partition coefficient (Wildman–Crippen LogP) is 4.17. The Kier molecular flexibility index (Phi) is 9.08. The lowest BCUT2D eigenvalue weighted by molar-refractivity contribution is -0.274. The molecule has 1 aromatic carbocycles. The number of amidine groups is 1. The highest BCUT2D eigenvalue weighted by Gasteiger charge is 2.31. The molecule has 9 nitrogen and oxygen atoms in total. The first kappa shape index (κ1) is 28.4. The van der Waals surface area contributed by atoms with Crippen molar-refractivity contribution in [3.8, 4) is 5.75 Å². The maximum atomic E-state index is 13.3. The number of amides is 1. The molecule has 0 radical (unpaired) electrons. The molecule has 0 bridgehead atoms. The summed E-state index contributed by atoms with van der Waals surface area (Å²) in [4.78, 5) is 32.2. The smallest absolute Gasteiger partial charge is 0.406 e. The van der Waals surface area contributed by atoms with E-state index >= 15 is 0 Å². The first-order valence-electron chi connectivity index (χ1n) is 12.8. The number of carbonyl (C=O) groups excluding carboxylic acids is 1. The second-order valence-electron chi connectivity index (χ2n) is 9.55. The number of aromatic nitrogens is 1. The molecule has 1 aliphatic carbocycles. The number of nitrogens with one attached hydrogen (secondary N) is 1. The van der Waals surface area contributed by atoms with Crippen LogP contribution in [0.15, 0.2) is 63.5 Å². The van der Waals surface area contributed by atoms with Gasteiger partial charge in [0.1, 0.15) is 17.3 Å². The zero-order valence-corrected chi connectivity index (χ0v) is 21.9. The molecule has 210 valence electrons. The number of ether oxygens (including phenoxy) is 2. The summed E-state index contributed by atoms with van der Waals surface area (Å²) >= 11 is 0. The third kappa shape index (κ3) is 7.48. The number of hydrogen-bond donors (Lipinski definition) is 1. The number of halogens is 3. The van der Waals surface area contributed by atoms with Crippen molar-refractivity contribution < 1.29 is 27.4 Å². The highest BCUT2D eigenvalue weighted by molar-refractivity contribution is 6.03. The van der Waals surface area contributed by atoms with E-state index in [1.165, 1.54) is 12.1 Å². The molecule has 1 unspecified atom stereocenters. The van der Waals surface area contributed by atoms with Gasteiger partial charge in [0.25, 0.3) is 5.56 Å². The summed E-state index contributed by atoms with van der Waals surface area (Å²) in [7, 11) is 0. The normalized spacial score (nSPS) is 18.8. The van der Waals surface area contributed by atoms with E-state index < -0.39 is 12.1 Å². The summed E-state index contributed by atoms with van der Waals surface area (Å²) in [6.45, 7) is 7.38. The number of morpholine rings is 1. The van der Waals surface area contributed by atoms with Crippen LogP contribution in [-0.4, -0.2) is 60.4 Å². The van der Waals surface area contributed by atoms with E-state index in [1.807, 2.05) is 6.92 Å². The molecule has 2 heterocycles. The van der Waals surface area contributed by atoms with Gasteiger partial charge in [0.2, 0.25) is 6.41 Å². The number of nitrogens with zero attached hydrogens (tertiary/aromatic N) is 4. The quantitative estimate of drug-likeness (QED) is 0.220. The Balaban J connectivity index is 1.58. The van der Waals surface area contributed by atoms with E-state index in [9.17, 15) is 22.8 Å². The lowest BCUT2D eigenvalue weighted by Gasteiger charge is -2.33. The summed E-state index contributed by atoms with van der Waals surface area (Å²) in [6.07, 6.45) is -0.132. The number of rotatable bonds is 9. The fourth-order valence-corrected chi connectivity index (χ4v) is 4.69. The maximum Gasteiger partial charge on any atom is 0.573 e. The van der Waals surface area contributed by atoms with Crippen molar-refractivity contribution in [3.05, 3.63) is 64.1 Å². The van der Waals surface area contributed by atoms with Gasteiger partial charge in [0.15, 0.2) is 0 Å². The van der Waals surface area contributed by atoms with Gasteiger partial charge in [0, 0.05) is 31.9 Å². The van der Waals surface area contributed by atoms with Gasteiger partial charge in [0.05, 0.1) is 18.9 Å². The van der Waals surface area contributed by atoms with Crippen LogP contribution in [-0.2, 0) is 16.1 Å². The lowest BCUT2D eigenvalue weighted by Crippen LogP contribution is -2.45. The van der Waals surface area contributed by atoms with Crippen molar-refractivity contribution >= 4 is 23.6 Å². The zero-order chi connectivity index (χ0) is 28.0. The molecule has 1 fully saturated rings. The molecule has 12 heteroatoms. The summed E-state index contributed by atoms with van der Waals surface area (Å²) in [5.41, 5.74) is 5.15. The van der Waals surface area contributed by atoms with Crippen molar-refractivity contribution in [2.24, 2.45) is 4.99 Å². The first-order chi connectivity index (χ1) is 18.6. The Bertz CT molecular complexity index is 1270. The Hall–Kier alpha value is -3.64. The van der Waals surface area contributed by atoms with Crippen LogP contribution in [0, 0.1) is 0 Å². The van der Waals surface area contributed by atoms with Crippen LogP contribution in [0.5, 0.6) is 5.75 Å². The second-order valence-corrected chi connectivity index (χ2v) is 9.55. The van der Waals surface area contributed by atoms with Gasteiger partial charge < -0.3 is 14.0 Å². The molecule has 0 spiro atoms. The van der Waals surface area contributed by atoms with Gasteiger partial charge in [-0.3, -0.25) is 19.9 Å². The van der Waals surface area contributed by atoms with Crippen molar-refractivity contribution in [1.29, 1.82) is 0 Å². The third-order valence-electron chi connectivity index (χ3n) is 6.83. The second kappa shape index (κ2) is 12.5. The molecule has 2 aromatic rings. The van der Waals surface area contributed by atoms with Gasteiger partial charge in [-0.1, -0.05) is 5.57 Å². The van der Waals surface area contributed by atoms with E-state index in [-0.39, 0.29) is 23.0 Å². The molecular formula is C27H32F3N5O4. The predicted molar refractivity (Wildman–Crippen MR) is 141 cm³/mol. The van der Waals surface area contributed by atoms with Crippen LogP contribution in [0.4, 0.5) is 24.5 Å². The molecule has 1 N–H and O–H groups in total. The fourth-order valence-electron chi connectivity index (χ4n) is 4.69. The van der Waals surface area contributed by atoms with Crippen molar-refractivity contribution in [2.75, 3.05) is 31.3 Å². The number of alkyl halides is 3. The SMILES string of the molecule is CC1=C(C(=Nc2cccn(CCN3CCOCC3C)c2=O)NN(C=O)c2ccc(OC(F)(F)F)cc2)CCC1. The van der Waals surface area contributed by atoms with Crippen LogP contribution in [0.2, 0.25) is 0 Å². The standard InChI is InChI=1S/C27H32F3N5O4/c1-19-5-3-6-23(19)25(32-35(18-36)21-8-10-22(11-9-21)39-27(28,29)30)31-24-7-4-12-34(26(24)37)14-13-33-15-16-38-17-20(33)2/h4,7-12,18,20H,3,5-6,13-17H2,1-2H3,(H,31,32). The summed E-state index contributed by atoms with van der Waals surface area (Å²) in [5.74, 6) is -0.0685. The molecule has 1 aliphatic heterocycles. The van der Waals surface area contributed by atoms with Crippen LogP contribution in [0.25, 0.3) is 0 Å². The van der Waals surface area contributed by atoms with E-state index in [0.717, 1.165) is 47.7 Å². The third-order valence-corrected chi connectivity index (χ3v) is 6.83. The minimum atomic E-state index is -4.82. The Morgan fingerprint density at radius 3 is 2.64 bits per heavy atom. The molecule has 1 amide bonds. The maximum absolute atomic E-state index is 13.3. The van der Waals surface area contributed by atoms with E-state index in [2.05, 4.69) is 27.0 Å². The molecule has 0 saturated carbocycles. The van der Waals surface area contributed by atoms with Gasteiger partial charge >= 0.3 is 6.36 Å². The van der Waals surface area contributed by atoms with Crippen LogP contribution < -0.4 is 20.7 Å². The zero-order valence-electron chi connectivity index (χ0n) is 21.9. The molecular weight excluding hydrogens is 515 g/mol. The highest BCUT2D eigenvalue weighted by Crippen LogP contribution is 2.28. The minimum Gasteiger partial charge on any atom is -0.406 e. The Labute approximate surface area is 224 Å². The fraction of sp³-hybridized carbons (Fsp3) is 0.444. The number of pyridine rings is 1. The largest absolute Gasteiger partial charge is 0.573 e. The van der Waals surface area contributed by atoms with Gasteiger partial charge in [-0.15, -0.1) is 13.2 Å². The van der Waals surface area contributed by atoms with Gasteiger partial charge in [-0.2, -0.15) is 0 Å². The van der Waals surface area contributed by atoms with Crippen molar-refractivity contribution in [2.45, 2.75) is 52.1 Å². The summed E-state index contributed by atoms with van der Waals surface area (Å²) < 4.78 is 48.6. The molecule has 2 aliphatic rings. The molecule has 1 atom stereocenters. The van der Waals surface area contributed by atoms with Gasteiger partial charge in [-0.25, -0.2) is 10.0 Å². The Morgan fingerprint density at radius 1 is 1.23 bits per heavy atom. The van der Waals surface area contributed by atoms with E-state index in [4.69, 9.17) is 4.74 Å². The van der Waals surface area contributed by atoms with Crippen LogP contribution in [0.1, 0.15) is 33.1 Å². The molecule has 39 heavy (non-hydrogen) atoms. The topological polar surface area (TPSA) is 88.4 Å². The number of hydrogen-bond acceptors (Lipinski definition) is 6. The highest BCUT2D eigenvalue weighted by atomic mass is 19.4. The number of hydrazine groups is 1. The average Bonchev–Trinajstić information content (AvgIpc) is 3.33. The number of aliphatic imine (C=N–C) groups is 1. The number of benzene rings is 1. The summed E-state index contributed by atoms with van der Waals surface area (Å²) in [6, 6.07) is 8.51.